The van der Waals surface area contributed by atoms with E-state index in [1.54, 1.807) is 0 Å². The van der Waals surface area contributed by atoms with Crippen molar-refractivity contribution in [3.63, 3.8) is 0 Å². The first-order chi connectivity index (χ1) is 6.50. The second-order valence-electron chi connectivity index (χ2n) is 3.40. The van der Waals surface area contributed by atoms with E-state index in [2.05, 4.69) is 83.8 Å². The van der Waals surface area contributed by atoms with Gasteiger partial charge in [0.05, 0.1) is 0 Å². The van der Waals surface area contributed by atoms with Gasteiger partial charge in [0, 0.05) is 51.8 Å². The molecule has 0 spiro atoms. The molecule has 2 fully saturated rings. The maximum Gasteiger partial charge on any atom is 0.0311 e. The van der Waals surface area contributed by atoms with Gasteiger partial charge < -0.3 is 0 Å². The Labute approximate surface area is 124 Å². The Morgan fingerprint density at radius 2 is 2.00 bits per heavy atom. The topological polar surface area (TPSA) is 21.8 Å². The van der Waals surface area contributed by atoms with E-state index in [4.69, 9.17) is 0 Å². The van der Waals surface area contributed by atoms with Crippen molar-refractivity contribution in [1.29, 1.82) is 0 Å². The van der Waals surface area contributed by atoms with E-state index < -0.39 is 0 Å². The number of hydrazine groups is 1. The molecule has 1 saturated carbocycles. The minimum absolute atomic E-state index is 0.909. The molecule has 1 aliphatic carbocycles. The largest absolute Gasteiger partial charge is 0.185 e. The summed E-state index contributed by atoms with van der Waals surface area (Å²) in [5.74, 6) is 0. The van der Waals surface area contributed by atoms with E-state index >= 15 is 0 Å². The van der Waals surface area contributed by atoms with Crippen LogP contribution in [0.4, 0.5) is 0 Å². The SMILES string of the molecule is CN1CN(C)[C](=[Pt])N1.IN(I)C1CC1. The molecule has 86 valence electrons. The number of rotatable bonds is 1. The van der Waals surface area contributed by atoms with Gasteiger partial charge in [0.2, 0.25) is 0 Å². The Morgan fingerprint density at radius 1 is 1.43 bits per heavy atom. The zero-order valence-electron chi connectivity index (χ0n) is 8.11. The minimum Gasteiger partial charge on any atom is -0.185 e. The van der Waals surface area contributed by atoms with Crippen LogP contribution in [0, 0.1) is 0 Å². The predicted molar refractivity (Wildman–Crippen MR) is 71.4 cm³/mol. The van der Waals surface area contributed by atoms with Crippen molar-refractivity contribution in [2.75, 3.05) is 20.8 Å². The van der Waals surface area contributed by atoms with E-state index in [1.165, 1.54) is 17.0 Å². The van der Waals surface area contributed by atoms with Crippen LogP contribution in [0.5, 0.6) is 0 Å². The van der Waals surface area contributed by atoms with Crippen molar-refractivity contribution >= 4 is 49.9 Å². The van der Waals surface area contributed by atoms with Crippen LogP contribution in [0.25, 0.3) is 0 Å². The third-order valence-electron chi connectivity index (χ3n) is 1.83. The molecule has 0 bridgehead atoms. The molecule has 1 saturated heterocycles. The maximum atomic E-state index is 3.13. The van der Waals surface area contributed by atoms with Crippen LogP contribution in [0.2, 0.25) is 0 Å². The van der Waals surface area contributed by atoms with Crippen molar-refractivity contribution in [3.05, 3.63) is 0 Å². The summed E-state index contributed by atoms with van der Waals surface area (Å²) in [6.45, 7) is 0.971. The number of nitrogens with zero attached hydrogens (tertiary/aromatic N) is 3. The molecule has 0 atom stereocenters. The van der Waals surface area contributed by atoms with Crippen LogP contribution in [-0.2, 0) is 19.4 Å². The van der Waals surface area contributed by atoms with Crippen molar-refractivity contribution in [2.24, 2.45) is 0 Å². The van der Waals surface area contributed by atoms with Gasteiger partial charge in [0.1, 0.15) is 0 Å². The molecule has 7 heteroatoms. The van der Waals surface area contributed by atoms with Gasteiger partial charge in [0.25, 0.3) is 0 Å². The smallest absolute Gasteiger partial charge is 0.0311 e. The van der Waals surface area contributed by atoms with Gasteiger partial charge in [-0.2, -0.15) is 1.33 Å². The Hall–Kier alpha value is 1.86. The van der Waals surface area contributed by atoms with E-state index in [0.29, 0.717) is 0 Å². The molecule has 1 N–H and O–H groups in total. The van der Waals surface area contributed by atoms with Crippen LogP contribution in [0.1, 0.15) is 12.8 Å². The summed E-state index contributed by atoms with van der Waals surface area (Å²) in [6, 6.07) is 0.909. The van der Waals surface area contributed by atoms with Crippen LogP contribution in [-0.4, -0.2) is 42.2 Å². The van der Waals surface area contributed by atoms with Gasteiger partial charge in [-0.05, 0) is 12.8 Å². The second kappa shape index (κ2) is 6.56. The molecular formula is C7H14I2N4Pt. The molecule has 2 rings (SSSR count). The summed E-state index contributed by atoms with van der Waals surface area (Å²) in [5, 5.41) is 2.03. The molecule has 1 aliphatic heterocycles. The third kappa shape index (κ3) is 5.27. The molecular weight excluding hydrogens is 589 g/mol. The summed E-state index contributed by atoms with van der Waals surface area (Å²) in [6.07, 6.45) is 2.82. The molecule has 0 aromatic heterocycles. The maximum absolute atomic E-state index is 3.13. The summed E-state index contributed by atoms with van der Waals surface area (Å²) in [5.41, 5.74) is 3.13. The Balaban J connectivity index is 0.000000146. The Morgan fingerprint density at radius 3 is 2.07 bits per heavy atom. The van der Waals surface area contributed by atoms with Crippen molar-refractivity contribution < 1.29 is 19.4 Å². The quantitative estimate of drug-likeness (QED) is 0.359. The van der Waals surface area contributed by atoms with Gasteiger partial charge >= 0.3 is 59.6 Å². The fraction of sp³-hybridized carbons (Fsp3) is 0.857. The first kappa shape index (κ1) is 13.9. The fourth-order valence-corrected chi connectivity index (χ4v) is 2.62. The molecule has 0 unspecified atom stereocenters. The first-order valence-corrected chi connectivity index (χ1v) is 7.36. The number of hydrogen-bond donors (Lipinski definition) is 1. The molecule has 1 heterocycles. The summed E-state index contributed by atoms with van der Waals surface area (Å²) >= 11 is 6.88. The molecule has 0 amide bonds. The van der Waals surface area contributed by atoms with E-state index in [-0.39, 0.29) is 0 Å². The summed E-state index contributed by atoms with van der Waals surface area (Å²) in [4.78, 5) is 2.14. The van der Waals surface area contributed by atoms with E-state index in [9.17, 15) is 0 Å². The van der Waals surface area contributed by atoms with Crippen LogP contribution in [0.3, 0.4) is 0 Å². The second-order valence-corrected chi connectivity index (χ2v) is 8.40. The monoisotopic (exact) mass is 603 g/mol. The van der Waals surface area contributed by atoms with E-state index in [0.717, 1.165) is 12.7 Å². The minimum atomic E-state index is 0.909. The number of halogens is 2. The molecule has 0 aromatic carbocycles. The van der Waals surface area contributed by atoms with Crippen molar-refractivity contribution in [2.45, 2.75) is 18.9 Å². The van der Waals surface area contributed by atoms with Gasteiger partial charge in [-0.25, -0.2) is 0 Å². The summed E-state index contributed by atoms with van der Waals surface area (Å²) < 4.78 is 3.41. The van der Waals surface area contributed by atoms with E-state index in [1.807, 2.05) is 12.1 Å². The average molecular weight is 603 g/mol. The molecule has 14 heavy (non-hydrogen) atoms. The average Bonchev–Trinajstić information content (AvgIpc) is 2.82. The molecule has 0 aromatic rings. The van der Waals surface area contributed by atoms with Gasteiger partial charge in [0.15, 0.2) is 0 Å². The zero-order valence-corrected chi connectivity index (χ0v) is 14.7. The predicted octanol–water partition coefficient (Wildman–Crippen LogP) is 1.11. The normalized spacial score (nSPS) is 24.1. The van der Waals surface area contributed by atoms with Gasteiger partial charge in [-0.15, -0.1) is 0 Å². The van der Waals surface area contributed by atoms with Gasteiger partial charge in [-0.3, -0.25) is 0 Å². The van der Waals surface area contributed by atoms with Crippen LogP contribution >= 0.6 is 45.7 Å². The van der Waals surface area contributed by atoms with Crippen LogP contribution in [0.15, 0.2) is 0 Å². The standard InChI is InChI=1S/C4H9N3.C3H5I2N.Pt/c1-6-3-5-7(2)4-6;4-6(5)3-1-2-3;/h5H,4H2,1-2H3;3H,1-2H2;. The third-order valence-corrected chi connectivity index (χ3v) is 4.53. The molecule has 2 aliphatic rings. The first-order valence-electron chi connectivity index (χ1n) is 4.29. The molecule has 0 radical (unpaired) electrons. The zero-order chi connectivity index (χ0) is 10.7. The Bertz CT molecular complexity index is 210. The number of hydrogen-bond acceptors (Lipinski definition) is 4. The fourth-order valence-electron chi connectivity index (χ4n) is 0.912. The molecule has 4 nitrogen and oxygen atoms in total. The Kier molecular flexibility index (Phi) is 6.52. The van der Waals surface area contributed by atoms with Crippen molar-refractivity contribution in [1.82, 2.24) is 16.7 Å². The number of nitrogens with one attached hydrogen (secondary N) is 1. The van der Waals surface area contributed by atoms with Crippen molar-refractivity contribution in [3.8, 4) is 0 Å². The van der Waals surface area contributed by atoms with Crippen LogP contribution < -0.4 is 5.43 Å². The van der Waals surface area contributed by atoms with Gasteiger partial charge in [-0.1, -0.05) is 0 Å². The summed E-state index contributed by atoms with van der Waals surface area (Å²) in [7, 11) is 4.07.